The van der Waals surface area contributed by atoms with Gasteiger partial charge in [-0.1, -0.05) is 13.8 Å². The van der Waals surface area contributed by atoms with Crippen molar-refractivity contribution in [3.63, 3.8) is 0 Å². The van der Waals surface area contributed by atoms with Crippen LogP contribution in [0.1, 0.15) is 20.8 Å². The molecule has 0 spiro atoms. The molecule has 0 radical (unpaired) electrons. The molecule has 13 heavy (non-hydrogen) atoms. The van der Waals surface area contributed by atoms with Crippen molar-refractivity contribution < 1.29 is 9.59 Å². The lowest BCUT2D eigenvalue weighted by atomic mass is 10.2. The highest BCUT2D eigenvalue weighted by Crippen LogP contribution is 1.94. The number of rotatable bonds is 3. The Labute approximate surface area is 79.3 Å². The summed E-state index contributed by atoms with van der Waals surface area (Å²) in [6.45, 7) is 5.27. The Bertz CT molecular complexity index is 200. The zero-order chi connectivity index (χ0) is 10.6. The van der Waals surface area contributed by atoms with Crippen LogP contribution in [0.25, 0.3) is 0 Å². The predicted molar refractivity (Wildman–Crippen MR) is 51.1 cm³/mol. The highest BCUT2D eigenvalue weighted by molar-refractivity contribution is 5.87. The maximum absolute atomic E-state index is 11.3. The molecular weight excluding hydrogens is 168 g/mol. The van der Waals surface area contributed by atoms with Gasteiger partial charge in [0.25, 0.3) is 0 Å². The zero-order valence-electron chi connectivity index (χ0n) is 8.92. The summed E-state index contributed by atoms with van der Waals surface area (Å²) in [5.74, 6) is -0.269. The Balaban J connectivity index is 4.08. The molecule has 0 saturated heterocycles. The lowest BCUT2D eigenvalue weighted by molar-refractivity contribution is -0.134. The lowest BCUT2D eigenvalue weighted by Crippen LogP contribution is -2.45. The van der Waals surface area contributed by atoms with E-state index >= 15 is 0 Å². The van der Waals surface area contributed by atoms with Crippen molar-refractivity contribution in [2.75, 3.05) is 14.1 Å². The van der Waals surface area contributed by atoms with E-state index in [0.29, 0.717) is 0 Å². The van der Waals surface area contributed by atoms with Crippen LogP contribution in [0, 0.1) is 5.92 Å². The minimum Gasteiger partial charge on any atom is -0.347 e. The van der Waals surface area contributed by atoms with E-state index in [4.69, 9.17) is 0 Å². The van der Waals surface area contributed by atoms with E-state index in [1.807, 2.05) is 0 Å². The fraction of sp³-hybridized carbons (Fsp3) is 0.778. The molecule has 76 valence electrons. The molecule has 0 aliphatic carbocycles. The number of likely N-dealkylation sites (N-methyl/N-ethyl adjacent to an activating group) is 1. The molecule has 0 aromatic heterocycles. The third-order valence-corrected chi connectivity index (χ3v) is 1.69. The summed E-state index contributed by atoms with van der Waals surface area (Å²) in [6.07, 6.45) is 0. The number of nitrogens with one attached hydrogen (secondary N) is 1. The van der Waals surface area contributed by atoms with Gasteiger partial charge in [0.2, 0.25) is 11.8 Å². The van der Waals surface area contributed by atoms with Gasteiger partial charge >= 0.3 is 0 Å². The van der Waals surface area contributed by atoms with Crippen molar-refractivity contribution in [1.82, 2.24) is 10.2 Å². The molecule has 1 atom stereocenters. The second kappa shape index (κ2) is 4.84. The average molecular weight is 186 g/mol. The molecule has 0 aliphatic heterocycles. The molecule has 0 aromatic rings. The molecule has 0 aliphatic rings. The highest BCUT2D eigenvalue weighted by atomic mass is 16.2. The van der Waals surface area contributed by atoms with E-state index in [9.17, 15) is 9.59 Å². The first-order chi connectivity index (χ1) is 5.86. The van der Waals surface area contributed by atoms with E-state index in [-0.39, 0.29) is 17.7 Å². The van der Waals surface area contributed by atoms with Gasteiger partial charge in [0.1, 0.15) is 6.04 Å². The second-order valence-corrected chi connectivity index (χ2v) is 3.62. The summed E-state index contributed by atoms with van der Waals surface area (Å²) < 4.78 is 0. The molecule has 0 saturated carbocycles. The van der Waals surface area contributed by atoms with Crippen LogP contribution in [-0.2, 0) is 9.59 Å². The van der Waals surface area contributed by atoms with Crippen molar-refractivity contribution in [1.29, 1.82) is 0 Å². The lowest BCUT2D eigenvalue weighted by Gasteiger charge is -2.18. The fourth-order valence-corrected chi connectivity index (χ4v) is 0.829. The van der Waals surface area contributed by atoms with Crippen LogP contribution < -0.4 is 5.32 Å². The van der Waals surface area contributed by atoms with E-state index < -0.39 is 6.04 Å². The third kappa shape index (κ3) is 3.92. The number of amides is 2. The summed E-state index contributed by atoms with van der Waals surface area (Å²) in [6, 6.07) is -0.440. The van der Waals surface area contributed by atoms with Crippen LogP contribution in [-0.4, -0.2) is 36.9 Å². The van der Waals surface area contributed by atoms with Crippen LogP contribution in [0.3, 0.4) is 0 Å². The van der Waals surface area contributed by atoms with Gasteiger partial charge in [0, 0.05) is 20.0 Å². The number of carbonyl (C=O) groups is 2. The number of carbonyl (C=O) groups excluding carboxylic acids is 2. The van der Waals surface area contributed by atoms with Gasteiger partial charge in [-0.15, -0.1) is 0 Å². The number of hydrogen-bond acceptors (Lipinski definition) is 2. The Hall–Kier alpha value is -1.06. The SMILES string of the molecule is CC(C)C(=O)NC(C)C(=O)N(C)C. The molecule has 4 nitrogen and oxygen atoms in total. The smallest absolute Gasteiger partial charge is 0.244 e. The molecule has 0 heterocycles. The van der Waals surface area contributed by atoms with Gasteiger partial charge in [-0.3, -0.25) is 9.59 Å². The van der Waals surface area contributed by atoms with E-state index in [1.165, 1.54) is 4.90 Å². The van der Waals surface area contributed by atoms with Crippen molar-refractivity contribution in [2.24, 2.45) is 5.92 Å². The van der Waals surface area contributed by atoms with Crippen LogP contribution in [0.15, 0.2) is 0 Å². The summed E-state index contributed by atoms with van der Waals surface area (Å²) in [4.78, 5) is 24.0. The molecule has 2 amide bonds. The first kappa shape index (κ1) is 11.9. The standard InChI is InChI=1S/C9H18N2O2/c1-6(2)8(12)10-7(3)9(13)11(4)5/h6-7H,1-5H3,(H,10,12). The molecule has 4 heteroatoms. The minimum absolute atomic E-state index is 0.0857. The van der Waals surface area contributed by atoms with Gasteiger partial charge in [-0.25, -0.2) is 0 Å². The van der Waals surface area contributed by atoms with Crippen LogP contribution in [0.2, 0.25) is 0 Å². The van der Waals surface area contributed by atoms with Crippen LogP contribution in [0.4, 0.5) is 0 Å². The normalized spacial score (nSPS) is 12.5. The van der Waals surface area contributed by atoms with Crippen LogP contribution in [0.5, 0.6) is 0 Å². The predicted octanol–water partition coefficient (Wildman–Crippen LogP) is 0.235. The Morgan fingerprint density at radius 1 is 1.15 bits per heavy atom. The van der Waals surface area contributed by atoms with Gasteiger partial charge in [-0.2, -0.15) is 0 Å². The van der Waals surface area contributed by atoms with Gasteiger partial charge in [0.15, 0.2) is 0 Å². The molecule has 0 fully saturated rings. The maximum atomic E-state index is 11.3. The molecule has 0 rings (SSSR count). The molecular formula is C9H18N2O2. The van der Waals surface area contributed by atoms with E-state index in [0.717, 1.165) is 0 Å². The first-order valence-electron chi connectivity index (χ1n) is 4.37. The summed E-state index contributed by atoms with van der Waals surface area (Å²) in [5, 5.41) is 2.63. The Morgan fingerprint density at radius 3 is 1.92 bits per heavy atom. The summed E-state index contributed by atoms with van der Waals surface area (Å²) >= 11 is 0. The first-order valence-corrected chi connectivity index (χ1v) is 4.37. The topological polar surface area (TPSA) is 49.4 Å². The second-order valence-electron chi connectivity index (χ2n) is 3.62. The van der Waals surface area contributed by atoms with Crippen molar-refractivity contribution in [3.8, 4) is 0 Å². The van der Waals surface area contributed by atoms with Gasteiger partial charge in [0.05, 0.1) is 0 Å². The molecule has 0 bridgehead atoms. The summed E-state index contributed by atoms with van der Waals surface area (Å²) in [7, 11) is 3.33. The largest absolute Gasteiger partial charge is 0.347 e. The number of hydrogen-bond donors (Lipinski definition) is 1. The van der Waals surface area contributed by atoms with Crippen LogP contribution >= 0.6 is 0 Å². The van der Waals surface area contributed by atoms with Gasteiger partial charge < -0.3 is 10.2 Å². The van der Waals surface area contributed by atoms with Crippen molar-refractivity contribution >= 4 is 11.8 Å². The highest BCUT2D eigenvalue weighted by Gasteiger charge is 2.18. The zero-order valence-corrected chi connectivity index (χ0v) is 8.92. The molecule has 0 aromatic carbocycles. The fourth-order valence-electron chi connectivity index (χ4n) is 0.829. The quantitative estimate of drug-likeness (QED) is 0.686. The summed E-state index contributed by atoms with van der Waals surface area (Å²) in [5.41, 5.74) is 0. The molecule has 1 unspecified atom stereocenters. The van der Waals surface area contributed by atoms with E-state index in [2.05, 4.69) is 5.32 Å². The maximum Gasteiger partial charge on any atom is 0.244 e. The Morgan fingerprint density at radius 2 is 1.62 bits per heavy atom. The monoisotopic (exact) mass is 186 g/mol. The van der Waals surface area contributed by atoms with Gasteiger partial charge in [-0.05, 0) is 6.92 Å². The number of nitrogens with zero attached hydrogens (tertiary/aromatic N) is 1. The average Bonchev–Trinajstić information content (AvgIpc) is 2.02. The Kier molecular flexibility index (Phi) is 4.45. The van der Waals surface area contributed by atoms with Crippen molar-refractivity contribution in [2.45, 2.75) is 26.8 Å². The van der Waals surface area contributed by atoms with E-state index in [1.54, 1.807) is 34.9 Å². The van der Waals surface area contributed by atoms with Crippen molar-refractivity contribution in [3.05, 3.63) is 0 Å². The molecule has 1 N–H and O–H groups in total. The minimum atomic E-state index is -0.440. The third-order valence-electron chi connectivity index (χ3n) is 1.69.